The van der Waals surface area contributed by atoms with Crippen molar-refractivity contribution in [2.45, 2.75) is 187 Å². The van der Waals surface area contributed by atoms with Crippen LogP contribution in [0.2, 0.25) is 18.1 Å². The second-order valence-corrected chi connectivity index (χ2v) is 18.9. The van der Waals surface area contributed by atoms with Crippen LogP contribution in [-0.4, -0.2) is 31.6 Å². The van der Waals surface area contributed by atoms with Crippen LogP contribution >= 0.6 is 0 Å². The van der Waals surface area contributed by atoms with Crippen molar-refractivity contribution < 1.29 is 19.1 Å². The monoisotopic (exact) mass is 604 g/mol. The number of unbranched alkanes of at least 4 members (excludes halogenated alkanes) is 14. The molecule has 0 saturated carbocycles. The molecule has 1 rings (SSSR count). The van der Waals surface area contributed by atoms with Gasteiger partial charge in [0.05, 0.1) is 24.7 Å². The summed E-state index contributed by atoms with van der Waals surface area (Å²) in [6, 6.07) is 10.3. The number of rotatable bonds is 26. The van der Waals surface area contributed by atoms with Gasteiger partial charge in [-0.3, -0.25) is 4.79 Å². The predicted molar refractivity (Wildman–Crippen MR) is 183 cm³/mol. The Bertz CT molecular complexity index is 789. The topological polar surface area (TPSA) is 55.8 Å². The second-order valence-electron chi connectivity index (χ2n) is 14.2. The van der Waals surface area contributed by atoms with E-state index in [-0.39, 0.29) is 17.2 Å². The third kappa shape index (κ3) is 17.2. The Labute approximate surface area is 261 Å². The van der Waals surface area contributed by atoms with E-state index in [1.165, 1.54) is 89.9 Å². The summed E-state index contributed by atoms with van der Waals surface area (Å²) in [4.78, 5) is 12.3. The molecule has 0 aliphatic carbocycles. The molecule has 0 unspecified atom stereocenters. The number of carboxylic acids is 1. The normalized spacial score (nSPS) is 14.5. The minimum Gasteiger partial charge on any atom is -0.481 e. The molecule has 0 aliphatic rings. The zero-order valence-corrected chi connectivity index (χ0v) is 29.7. The van der Waals surface area contributed by atoms with Crippen molar-refractivity contribution in [3.63, 3.8) is 0 Å². The van der Waals surface area contributed by atoms with Crippen molar-refractivity contribution in [2.24, 2.45) is 5.92 Å². The van der Waals surface area contributed by atoms with Gasteiger partial charge in [-0.2, -0.15) is 0 Å². The summed E-state index contributed by atoms with van der Waals surface area (Å²) in [6.07, 6.45) is 22.1. The lowest BCUT2D eigenvalue weighted by Crippen LogP contribution is -2.48. The predicted octanol–water partition coefficient (Wildman–Crippen LogP) is 11.7. The van der Waals surface area contributed by atoms with Gasteiger partial charge in [-0.25, -0.2) is 0 Å². The summed E-state index contributed by atoms with van der Waals surface area (Å²) in [5.74, 6) is -1.27. The molecule has 0 radical (unpaired) electrons. The van der Waals surface area contributed by atoms with Crippen LogP contribution in [0.4, 0.5) is 0 Å². The van der Waals surface area contributed by atoms with E-state index in [0.29, 0.717) is 19.4 Å². The van der Waals surface area contributed by atoms with Crippen LogP contribution in [-0.2, 0) is 20.6 Å². The van der Waals surface area contributed by atoms with Gasteiger partial charge in [-0.15, -0.1) is 0 Å². The first-order valence-corrected chi connectivity index (χ1v) is 20.5. The average Bonchev–Trinajstić information content (AvgIpc) is 2.93. The van der Waals surface area contributed by atoms with E-state index in [2.05, 4.69) is 52.9 Å². The summed E-state index contributed by atoms with van der Waals surface area (Å²) in [5, 5.41) is 10.1. The lowest BCUT2D eigenvalue weighted by Gasteiger charge is -2.41. The highest BCUT2D eigenvalue weighted by Gasteiger charge is 2.42. The number of carbonyl (C=O) groups is 1. The zero-order chi connectivity index (χ0) is 31.3. The molecule has 0 aromatic heterocycles. The van der Waals surface area contributed by atoms with E-state index in [9.17, 15) is 9.90 Å². The van der Waals surface area contributed by atoms with Gasteiger partial charge in [0.1, 0.15) is 0 Å². The highest BCUT2D eigenvalue weighted by atomic mass is 28.4. The summed E-state index contributed by atoms with van der Waals surface area (Å²) >= 11 is 0. The molecule has 244 valence electrons. The van der Waals surface area contributed by atoms with E-state index in [0.717, 1.165) is 18.4 Å². The van der Waals surface area contributed by atoms with Crippen LogP contribution in [0.1, 0.15) is 156 Å². The van der Waals surface area contributed by atoms with Gasteiger partial charge >= 0.3 is 5.97 Å². The molecular weight excluding hydrogens is 536 g/mol. The standard InChI is InChI=1S/C37H68O4Si/c1-8-10-11-12-13-14-15-16-17-18-19-20-21-22-26-29-33(40-31-32-27-24-23-25-28-32)30-35(34(9-2)36(38)39)41-42(6,7)37(3,4)5/h23-25,27-28,33-35H,8-22,26,29-31H2,1-7H3,(H,38,39)/t33-,34+,35+/m1/s1. The number of hydrogen-bond donors (Lipinski definition) is 1. The Balaban J connectivity index is 2.56. The molecule has 0 spiro atoms. The fraction of sp³-hybridized carbons (Fsp3) is 0.811. The highest BCUT2D eigenvalue weighted by molar-refractivity contribution is 6.74. The molecule has 3 atom stereocenters. The van der Waals surface area contributed by atoms with E-state index >= 15 is 0 Å². The number of hydrogen-bond acceptors (Lipinski definition) is 3. The molecular formula is C37H68O4Si. The van der Waals surface area contributed by atoms with Crippen LogP contribution in [0.3, 0.4) is 0 Å². The maximum absolute atomic E-state index is 12.3. The first-order chi connectivity index (χ1) is 20.0. The van der Waals surface area contributed by atoms with Crippen LogP contribution in [0, 0.1) is 5.92 Å². The Kier molecular flexibility index (Phi) is 20.7. The number of benzene rings is 1. The third-order valence-electron chi connectivity index (χ3n) is 9.41. The molecule has 0 amide bonds. The van der Waals surface area contributed by atoms with E-state index < -0.39 is 20.2 Å². The molecule has 0 heterocycles. The molecule has 4 nitrogen and oxygen atoms in total. The van der Waals surface area contributed by atoms with Gasteiger partial charge in [0, 0.05) is 0 Å². The van der Waals surface area contributed by atoms with Crippen LogP contribution in [0.25, 0.3) is 0 Å². The molecule has 0 fully saturated rings. The number of carboxylic acid groups (broad SMARTS) is 1. The zero-order valence-electron chi connectivity index (χ0n) is 28.7. The first kappa shape index (κ1) is 38.9. The van der Waals surface area contributed by atoms with Gasteiger partial charge in [-0.05, 0) is 43.0 Å². The lowest BCUT2D eigenvalue weighted by molar-refractivity contribution is -0.146. The summed E-state index contributed by atoms with van der Waals surface area (Å²) in [6.45, 7) is 15.9. The van der Waals surface area contributed by atoms with E-state index in [4.69, 9.17) is 9.16 Å². The molecule has 1 N–H and O–H groups in total. The molecule has 0 bridgehead atoms. The van der Waals surface area contributed by atoms with Gasteiger partial charge in [-0.1, -0.05) is 161 Å². The SMILES string of the molecule is CCCCCCCCCCCCCCCCC[C@H](C[C@H](O[Si](C)(C)C(C)(C)C)[C@H](CC)C(=O)O)OCc1ccccc1. The van der Waals surface area contributed by atoms with Crippen LogP contribution in [0.15, 0.2) is 30.3 Å². The molecule has 0 aliphatic heterocycles. The molecule has 1 aromatic carbocycles. The van der Waals surface area contributed by atoms with Gasteiger partial charge < -0.3 is 14.3 Å². The lowest BCUT2D eigenvalue weighted by atomic mass is 9.93. The molecule has 42 heavy (non-hydrogen) atoms. The Morgan fingerprint density at radius 3 is 1.69 bits per heavy atom. The molecule has 1 aromatic rings. The van der Waals surface area contributed by atoms with Crippen molar-refractivity contribution in [3.8, 4) is 0 Å². The Morgan fingerprint density at radius 2 is 1.26 bits per heavy atom. The molecule has 5 heteroatoms. The fourth-order valence-electron chi connectivity index (χ4n) is 5.51. The first-order valence-electron chi connectivity index (χ1n) is 17.6. The largest absolute Gasteiger partial charge is 0.481 e. The number of aliphatic carboxylic acids is 1. The van der Waals surface area contributed by atoms with Crippen molar-refractivity contribution in [1.82, 2.24) is 0 Å². The maximum atomic E-state index is 12.3. The highest BCUT2D eigenvalue weighted by Crippen LogP contribution is 2.39. The Morgan fingerprint density at radius 1 is 0.786 bits per heavy atom. The molecule has 0 saturated heterocycles. The van der Waals surface area contributed by atoms with Crippen molar-refractivity contribution in [3.05, 3.63) is 35.9 Å². The van der Waals surface area contributed by atoms with Gasteiger partial charge in [0.2, 0.25) is 0 Å². The van der Waals surface area contributed by atoms with Crippen LogP contribution < -0.4 is 0 Å². The minimum absolute atomic E-state index is 0.00431. The van der Waals surface area contributed by atoms with Gasteiger partial charge in [0.25, 0.3) is 0 Å². The van der Waals surface area contributed by atoms with Crippen LogP contribution in [0.5, 0.6) is 0 Å². The van der Waals surface area contributed by atoms with E-state index in [1.807, 2.05) is 25.1 Å². The van der Waals surface area contributed by atoms with Crippen molar-refractivity contribution in [1.29, 1.82) is 0 Å². The Hall–Kier alpha value is -1.17. The summed E-state index contributed by atoms with van der Waals surface area (Å²) < 4.78 is 13.3. The van der Waals surface area contributed by atoms with E-state index in [1.54, 1.807) is 0 Å². The quantitative estimate of drug-likeness (QED) is 0.0844. The van der Waals surface area contributed by atoms with Crippen molar-refractivity contribution in [2.75, 3.05) is 0 Å². The fourth-order valence-corrected chi connectivity index (χ4v) is 6.88. The average molecular weight is 605 g/mol. The number of ether oxygens (including phenoxy) is 1. The van der Waals surface area contributed by atoms with Gasteiger partial charge in [0.15, 0.2) is 8.32 Å². The maximum Gasteiger partial charge on any atom is 0.309 e. The smallest absolute Gasteiger partial charge is 0.309 e. The second kappa shape index (κ2) is 22.4. The minimum atomic E-state index is -2.14. The van der Waals surface area contributed by atoms with Crippen molar-refractivity contribution >= 4 is 14.3 Å². The summed E-state index contributed by atoms with van der Waals surface area (Å²) in [7, 11) is -2.14. The third-order valence-corrected chi connectivity index (χ3v) is 13.9. The summed E-state index contributed by atoms with van der Waals surface area (Å²) in [5.41, 5.74) is 1.16.